The van der Waals surface area contributed by atoms with E-state index in [0.717, 1.165) is 0 Å². The lowest BCUT2D eigenvalue weighted by molar-refractivity contribution is -0.141. The topological polar surface area (TPSA) is 26.3 Å². The van der Waals surface area contributed by atoms with Crippen LogP contribution in [0.3, 0.4) is 0 Å². The van der Waals surface area contributed by atoms with Crippen LogP contribution in [0.4, 0.5) is 0 Å². The van der Waals surface area contributed by atoms with Crippen LogP contribution in [-0.4, -0.2) is 16.4 Å². The second-order valence-electron chi connectivity index (χ2n) is 1.28. The Bertz CT molecular complexity index is 165. The summed E-state index contributed by atoms with van der Waals surface area (Å²) in [5.41, 5.74) is 0. The fourth-order valence-corrected chi connectivity index (χ4v) is 0.353. The molecule has 0 radical (unpaired) electrons. The predicted molar refractivity (Wildman–Crippen MR) is 40.1 cm³/mol. The van der Waals surface area contributed by atoms with Crippen LogP contribution >= 0.6 is 34.8 Å². The highest BCUT2D eigenvalue weighted by atomic mass is 35.6. The van der Waals surface area contributed by atoms with Crippen molar-refractivity contribution in [2.24, 2.45) is 0 Å². The van der Waals surface area contributed by atoms with Crippen molar-refractivity contribution in [2.75, 3.05) is 6.61 Å². The molecular weight excluding hydrogens is 198 g/mol. The van der Waals surface area contributed by atoms with Gasteiger partial charge < -0.3 is 4.74 Å². The van der Waals surface area contributed by atoms with E-state index >= 15 is 0 Å². The van der Waals surface area contributed by atoms with Crippen LogP contribution < -0.4 is 0 Å². The first-order valence-corrected chi connectivity index (χ1v) is 3.29. The molecule has 10 heavy (non-hydrogen) atoms. The molecule has 2 nitrogen and oxygen atoms in total. The Morgan fingerprint density at radius 2 is 2.10 bits per heavy atom. The summed E-state index contributed by atoms with van der Waals surface area (Å²) in [7, 11) is 0. The average Bonchev–Trinajstić information content (AvgIpc) is 1.80. The van der Waals surface area contributed by atoms with Crippen molar-refractivity contribution >= 4 is 40.8 Å². The number of hydrogen-bond acceptors (Lipinski definition) is 2. The van der Waals surface area contributed by atoms with E-state index in [9.17, 15) is 4.79 Å². The molecule has 0 aromatic heterocycles. The summed E-state index contributed by atoms with van der Waals surface area (Å²) in [6.07, 6.45) is 4.76. The predicted octanol–water partition coefficient (Wildman–Crippen LogP) is 1.53. The van der Waals surface area contributed by atoms with Crippen LogP contribution in [0.15, 0.2) is 0 Å². The SMILES string of the molecule is C#CCOC(=O)C(Cl)(Cl)Cl. The van der Waals surface area contributed by atoms with E-state index < -0.39 is 9.76 Å². The third kappa shape index (κ3) is 3.84. The molecule has 0 rings (SSSR count). The maximum absolute atomic E-state index is 10.5. The standard InChI is InChI=1S/C5H3Cl3O2/c1-2-3-10-4(9)5(6,7)8/h1H,3H2. The Morgan fingerprint density at radius 3 is 2.40 bits per heavy atom. The number of terminal acetylenes is 1. The van der Waals surface area contributed by atoms with Crippen LogP contribution in [0.25, 0.3) is 0 Å². The fraction of sp³-hybridized carbons (Fsp3) is 0.400. The highest BCUT2D eigenvalue weighted by molar-refractivity contribution is 6.75. The van der Waals surface area contributed by atoms with Crippen LogP contribution in [0.1, 0.15) is 0 Å². The van der Waals surface area contributed by atoms with Gasteiger partial charge in [0.2, 0.25) is 0 Å². The molecule has 56 valence electrons. The van der Waals surface area contributed by atoms with Gasteiger partial charge in [0.15, 0.2) is 6.61 Å². The number of carbonyl (C=O) groups excluding carboxylic acids is 1. The molecule has 0 atom stereocenters. The van der Waals surface area contributed by atoms with E-state index in [1.54, 1.807) is 0 Å². The summed E-state index contributed by atoms with van der Waals surface area (Å²) in [6.45, 7) is -0.188. The van der Waals surface area contributed by atoms with E-state index in [0.29, 0.717) is 0 Å². The Labute approximate surface area is 73.4 Å². The first-order chi connectivity index (χ1) is 4.48. The summed E-state index contributed by atoms with van der Waals surface area (Å²) in [4.78, 5) is 10.5. The zero-order valence-electron chi connectivity index (χ0n) is 4.73. The third-order valence-corrected chi connectivity index (χ3v) is 0.981. The van der Waals surface area contributed by atoms with Crippen molar-refractivity contribution in [1.29, 1.82) is 0 Å². The molecule has 5 heteroatoms. The lowest BCUT2D eigenvalue weighted by Crippen LogP contribution is -2.21. The molecular formula is C5H3Cl3O2. The van der Waals surface area contributed by atoms with Crippen LogP contribution in [-0.2, 0) is 9.53 Å². The van der Waals surface area contributed by atoms with Crippen molar-refractivity contribution in [3.8, 4) is 12.3 Å². The molecule has 0 aromatic carbocycles. The summed E-state index contributed by atoms with van der Waals surface area (Å²) >= 11 is 15.3. The second kappa shape index (κ2) is 3.92. The molecule has 0 spiro atoms. The van der Waals surface area contributed by atoms with Gasteiger partial charge in [-0.2, -0.15) is 0 Å². The van der Waals surface area contributed by atoms with Gasteiger partial charge in [-0.3, -0.25) is 0 Å². The molecule has 0 aliphatic heterocycles. The number of hydrogen-bond donors (Lipinski definition) is 0. The molecule has 0 aromatic rings. The van der Waals surface area contributed by atoms with Crippen LogP contribution in [0.5, 0.6) is 0 Å². The van der Waals surface area contributed by atoms with E-state index in [1.165, 1.54) is 0 Å². The molecule has 0 fully saturated rings. The number of ether oxygens (including phenoxy) is 1. The molecule has 0 N–H and O–H groups in total. The molecule has 0 aliphatic rings. The minimum Gasteiger partial charge on any atom is -0.449 e. The maximum atomic E-state index is 10.5. The minimum absolute atomic E-state index is 0.188. The van der Waals surface area contributed by atoms with Crippen molar-refractivity contribution in [2.45, 2.75) is 3.79 Å². The fourth-order valence-electron chi connectivity index (χ4n) is 0.189. The highest BCUT2D eigenvalue weighted by Crippen LogP contribution is 2.27. The van der Waals surface area contributed by atoms with Gasteiger partial charge in [0, 0.05) is 0 Å². The quantitative estimate of drug-likeness (QED) is 0.365. The van der Waals surface area contributed by atoms with Gasteiger partial charge in [-0.25, -0.2) is 4.79 Å². The number of carbonyl (C=O) groups is 1. The molecule has 0 amide bonds. The van der Waals surface area contributed by atoms with Crippen LogP contribution in [0.2, 0.25) is 0 Å². The van der Waals surface area contributed by atoms with Gasteiger partial charge in [-0.15, -0.1) is 6.42 Å². The highest BCUT2D eigenvalue weighted by Gasteiger charge is 2.32. The Morgan fingerprint density at radius 1 is 1.60 bits per heavy atom. The number of halogens is 3. The molecule has 0 bridgehead atoms. The van der Waals surface area contributed by atoms with Gasteiger partial charge in [0.05, 0.1) is 0 Å². The van der Waals surface area contributed by atoms with Gasteiger partial charge >= 0.3 is 5.97 Å². The summed E-state index contributed by atoms with van der Waals surface area (Å²) in [5, 5.41) is 0. The van der Waals surface area contributed by atoms with Crippen molar-refractivity contribution < 1.29 is 9.53 Å². The zero-order valence-corrected chi connectivity index (χ0v) is 7.00. The van der Waals surface area contributed by atoms with E-state index in [-0.39, 0.29) is 6.61 Å². The van der Waals surface area contributed by atoms with Gasteiger partial charge in [0.1, 0.15) is 0 Å². The largest absolute Gasteiger partial charge is 0.449 e. The zero-order chi connectivity index (χ0) is 8.20. The molecule has 0 heterocycles. The van der Waals surface area contributed by atoms with Gasteiger partial charge in [0.25, 0.3) is 3.79 Å². The number of rotatable bonds is 1. The van der Waals surface area contributed by atoms with Gasteiger partial charge in [-0.05, 0) is 0 Å². The smallest absolute Gasteiger partial charge is 0.359 e. The van der Waals surface area contributed by atoms with E-state index in [4.69, 9.17) is 41.2 Å². The third-order valence-electron chi connectivity index (χ3n) is 0.518. The lowest BCUT2D eigenvalue weighted by Gasteiger charge is -2.07. The lowest BCUT2D eigenvalue weighted by atomic mass is 10.7. The normalized spacial score (nSPS) is 10.2. The maximum Gasteiger partial charge on any atom is 0.359 e. The molecule has 0 saturated heterocycles. The second-order valence-corrected chi connectivity index (χ2v) is 3.56. The van der Waals surface area contributed by atoms with Crippen molar-refractivity contribution in [3.05, 3.63) is 0 Å². The minimum atomic E-state index is -2.03. The van der Waals surface area contributed by atoms with E-state index in [1.807, 2.05) is 0 Å². The Hall–Kier alpha value is -0.100. The number of esters is 1. The monoisotopic (exact) mass is 200 g/mol. The van der Waals surface area contributed by atoms with Gasteiger partial charge in [-0.1, -0.05) is 40.7 Å². The van der Waals surface area contributed by atoms with Crippen molar-refractivity contribution in [1.82, 2.24) is 0 Å². The Balaban J connectivity index is 3.78. The molecule has 0 unspecified atom stereocenters. The van der Waals surface area contributed by atoms with Crippen molar-refractivity contribution in [3.63, 3.8) is 0 Å². The summed E-state index contributed by atoms with van der Waals surface area (Å²) < 4.78 is 2.25. The average molecular weight is 201 g/mol. The first-order valence-electron chi connectivity index (χ1n) is 2.16. The number of alkyl halides is 3. The Kier molecular flexibility index (Phi) is 3.88. The summed E-state index contributed by atoms with van der Waals surface area (Å²) in [6, 6.07) is 0. The molecule has 0 saturated carbocycles. The van der Waals surface area contributed by atoms with E-state index in [2.05, 4.69) is 10.7 Å². The summed E-state index contributed by atoms with van der Waals surface area (Å²) in [5.74, 6) is 1.09. The first kappa shape index (κ1) is 9.90. The molecule has 0 aliphatic carbocycles. The van der Waals surface area contributed by atoms with Crippen LogP contribution in [0, 0.1) is 12.3 Å².